The van der Waals surface area contributed by atoms with Crippen molar-refractivity contribution in [1.82, 2.24) is 24.8 Å². The Morgan fingerprint density at radius 1 is 1.04 bits per heavy atom. The van der Waals surface area contributed by atoms with E-state index in [4.69, 9.17) is 26.1 Å². The van der Waals surface area contributed by atoms with E-state index in [1.807, 2.05) is 55.5 Å². The molecule has 0 unspecified atom stereocenters. The normalized spacial score (nSPS) is 15.9. The molecule has 0 atom stereocenters. The molecule has 3 aromatic heterocycles. The van der Waals surface area contributed by atoms with Crippen LogP contribution in [-0.4, -0.2) is 58.6 Å². The minimum Gasteiger partial charge on any atom is -0.481 e. The van der Waals surface area contributed by atoms with Gasteiger partial charge in [-0.25, -0.2) is 23.7 Å². The molecule has 12 heteroatoms. The maximum atomic E-state index is 13.8. The van der Waals surface area contributed by atoms with Gasteiger partial charge in [-0.2, -0.15) is 0 Å². The zero-order valence-corrected chi connectivity index (χ0v) is 30.4. The molecule has 1 N–H and O–H groups in total. The van der Waals surface area contributed by atoms with E-state index in [2.05, 4.69) is 38.8 Å². The number of esters is 1. The average Bonchev–Trinajstić information content (AvgIpc) is 3.15. The van der Waals surface area contributed by atoms with Gasteiger partial charge < -0.3 is 19.7 Å². The Balaban J connectivity index is 1.23. The molecular weight excluding hydrogens is 686 g/mol. The van der Waals surface area contributed by atoms with E-state index in [0.29, 0.717) is 45.8 Å². The van der Waals surface area contributed by atoms with Gasteiger partial charge in [0.2, 0.25) is 5.88 Å². The van der Waals surface area contributed by atoms with Gasteiger partial charge in [0.25, 0.3) is 6.43 Å². The Bertz CT molecular complexity index is 2100. The number of pyridine rings is 2. The molecule has 52 heavy (non-hydrogen) atoms. The zero-order valence-electron chi connectivity index (χ0n) is 29.6. The van der Waals surface area contributed by atoms with Crippen LogP contribution in [0.25, 0.3) is 39.5 Å². The van der Waals surface area contributed by atoms with Gasteiger partial charge in [-0.3, -0.25) is 9.78 Å². The second-order valence-electron chi connectivity index (χ2n) is 13.1. The SMILES string of the molecule is C=Cc1cnc2c(Nc3cccc(-c4cccc(-c5ccc(CN(C)CC6CCC(C(=O)OC)CC6)c(OC)n5)c4Cl)c3C)nc(C(F)F)nc2c1. The van der Waals surface area contributed by atoms with Gasteiger partial charge in [-0.1, -0.05) is 60.7 Å². The molecule has 5 aromatic rings. The standard InChI is InChI=1S/C40H41ClF2N6O3/c1-6-24-19-33-35(44-20-24)37(48-38(46-33)36(42)43)45-31-12-8-9-28(23(31)2)29-10-7-11-30(34(29)41)32-18-17-27(39(47-32)51-4)22-49(3)21-25-13-15-26(16-14-25)40(50)52-5/h6-12,17-20,25-26,36H,1,13-16,21-22H2,2-5H3,(H,45,46,48). The lowest BCUT2D eigenvalue weighted by atomic mass is 9.82. The molecule has 0 radical (unpaired) electrons. The summed E-state index contributed by atoms with van der Waals surface area (Å²) in [6, 6.07) is 17.1. The molecule has 1 saturated carbocycles. The highest BCUT2D eigenvalue weighted by Crippen LogP contribution is 2.40. The van der Waals surface area contributed by atoms with Crippen LogP contribution < -0.4 is 10.1 Å². The lowest BCUT2D eigenvalue weighted by Crippen LogP contribution is -2.30. The quantitative estimate of drug-likeness (QED) is 0.126. The summed E-state index contributed by atoms with van der Waals surface area (Å²) in [6.45, 7) is 7.23. The molecule has 0 bridgehead atoms. The Hall–Kier alpha value is -5.00. The summed E-state index contributed by atoms with van der Waals surface area (Å²) in [7, 11) is 5.16. The van der Waals surface area contributed by atoms with Gasteiger partial charge in [0, 0.05) is 41.7 Å². The van der Waals surface area contributed by atoms with E-state index < -0.39 is 12.2 Å². The predicted molar refractivity (Wildman–Crippen MR) is 201 cm³/mol. The molecule has 2 aromatic carbocycles. The Kier molecular flexibility index (Phi) is 11.4. The van der Waals surface area contributed by atoms with Crippen LogP contribution in [0.2, 0.25) is 5.02 Å². The van der Waals surface area contributed by atoms with Crippen LogP contribution >= 0.6 is 11.6 Å². The number of nitrogens with one attached hydrogen (secondary N) is 1. The number of benzene rings is 2. The molecular formula is C40H41ClF2N6O3. The van der Waals surface area contributed by atoms with Crippen molar-refractivity contribution in [2.75, 3.05) is 33.1 Å². The van der Waals surface area contributed by atoms with E-state index in [9.17, 15) is 13.6 Å². The molecule has 1 fully saturated rings. The maximum Gasteiger partial charge on any atom is 0.308 e. The molecule has 6 rings (SSSR count). The summed E-state index contributed by atoms with van der Waals surface area (Å²) in [4.78, 5) is 31.6. The van der Waals surface area contributed by atoms with Crippen LogP contribution in [0.4, 0.5) is 20.3 Å². The third-order valence-electron chi connectivity index (χ3n) is 9.68. The number of ether oxygens (including phenoxy) is 2. The first-order valence-electron chi connectivity index (χ1n) is 17.1. The largest absolute Gasteiger partial charge is 0.481 e. The highest BCUT2D eigenvalue weighted by molar-refractivity contribution is 6.36. The minimum atomic E-state index is -2.86. The fraction of sp³-hybridized carbons (Fsp3) is 0.325. The molecule has 0 saturated heterocycles. The van der Waals surface area contributed by atoms with Gasteiger partial charge in [0.05, 0.1) is 36.4 Å². The molecule has 0 aliphatic heterocycles. The van der Waals surface area contributed by atoms with Gasteiger partial charge in [0.1, 0.15) is 5.52 Å². The van der Waals surface area contributed by atoms with E-state index >= 15 is 0 Å². The van der Waals surface area contributed by atoms with Gasteiger partial charge in [-0.15, -0.1) is 0 Å². The zero-order chi connectivity index (χ0) is 36.9. The number of aromatic nitrogens is 4. The third-order valence-corrected chi connectivity index (χ3v) is 10.1. The Labute approximate surface area is 307 Å². The summed E-state index contributed by atoms with van der Waals surface area (Å²) in [5, 5.41) is 3.74. The summed E-state index contributed by atoms with van der Waals surface area (Å²) in [5.74, 6) is 0.523. The fourth-order valence-electron chi connectivity index (χ4n) is 6.94. The summed E-state index contributed by atoms with van der Waals surface area (Å²) in [6.07, 6.45) is 4.03. The number of carbonyl (C=O) groups excluding carboxylic acids is 1. The number of fused-ring (bicyclic) bond motifs is 1. The number of hydrogen-bond acceptors (Lipinski definition) is 9. The second kappa shape index (κ2) is 16.1. The Morgan fingerprint density at radius 2 is 1.77 bits per heavy atom. The highest BCUT2D eigenvalue weighted by Gasteiger charge is 2.28. The number of anilines is 2. The number of rotatable bonds is 12. The average molecular weight is 727 g/mol. The van der Waals surface area contributed by atoms with Crippen LogP contribution in [0.3, 0.4) is 0 Å². The van der Waals surface area contributed by atoms with Crippen molar-refractivity contribution in [2.45, 2.75) is 45.6 Å². The van der Waals surface area contributed by atoms with E-state index in [0.717, 1.165) is 60.0 Å². The molecule has 0 spiro atoms. The third kappa shape index (κ3) is 7.90. The first-order valence-corrected chi connectivity index (χ1v) is 17.5. The van der Waals surface area contributed by atoms with Crippen LogP contribution in [-0.2, 0) is 16.1 Å². The van der Waals surface area contributed by atoms with Crippen molar-refractivity contribution in [3.8, 4) is 28.3 Å². The number of halogens is 3. The number of carbonyl (C=O) groups is 1. The first kappa shape index (κ1) is 36.8. The van der Waals surface area contributed by atoms with E-state index in [1.165, 1.54) is 7.11 Å². The molecule has 3 heterocycles. The lowest BCUT2D eigenvalue weighted by Gasteiger charge is -2.30. The lowest BCUT2D eigenvalue weighted by molar-refractivity contribution is -0.146. The molecule has 0 amide bonds. The summed E-state index contributed by atoms with van der Waals surface area (Å²) < 4.78 is 38.3. The first-order chi connectivity index (χ1) is 25.1. The molecule has 9 nitrogen and oxygen atoms in total. The minimum absolute atomic E-state index is 0.0102. The van der Waals surface area contributed by atoms with Crippen molar-refractivity contribution in [3.05, 3.63) is 94.9 Å². The molecule has 270 valence electrons. The Morgan fingerprint density at radius 3 is 2.48 bits per heavy atom. The van der Waals surface area contributed by atoms with Crippen LogP contribution in [0, 0.1) is 18.8 Å². The predicted octanol–water partition coefficient (Wildman–Crippen LogP) is 9.46. The molecule has 1 aliphatic carbocycles. The number of methoxy groups -OCH3 is 2. The van der Waals surface area contributed by atoms with Gasteiger partial charge >= 0.3 is 5.97 Å². The van der Waals surface area contributed by atoms with E-state index in [1.54, 1.807) is 25.4 Å². The van der Waals surface area contributed by atoms with Crippen LogP contribution in [0.1, 0.15) is 54.6 Å². The monoisotopic (exact) mass is 726 g/mol. The van der Waals surface area contributed by atoms with Crippen molar-refractivity contribution < 1.29 is 23.0 Å². The second-order valence-corrected chi connectivity index (χ2v) is 13.5. The number of hydrogen-bond donors (Lipinski definition) is 1. The van der Waals surface area contributed by atoms with E-state index in [-0.39, 0.29) is 23.2 Å². The topological polar surface area (TPSA) is 102 Å². The molecule has 1 aliphatic rings. The summed E-state index contributed by atoms with van der Waals surface area (Å²) >= 11 is 7.13. The summed E-state index contributed by atoms with van der Waals surface area (Å²) in [5.41, 5.74) is 6.78. The highest BCUT2D eigenvalue weighted by atomic mass is 35.5. The smallest absolute Gasteiger partial charge is 0.308 e. The maximum absolute atomic E-state index is 13.8. The van der Waals surface area contributed by atoms with Crippen molar-refractivity contribution >= 4 is 46.2 Å². The fourth-order valence-corrected chi connectivity index (χ4v) is 7.26. The van der Waals surface area contributed by atoms with Crippen LogP contribution in [0.15, 0.2) is 67.4 Å². The van der Waals surface area contributed by atoms with Gasteiger partial charge in [0.15, 0.2) is 11.6 Å². The number of alkyl halides is 2. The van der Waals surface area contributed by atoms with Crippen molar-refractivity contribution in [1.29, 1.82) is 0 Å². The van der Waals surface area contributed by atoms with Crippen LogP contribution in [0.5, 0.6) is 5.88 Å². The van der Waals surface area contributed by atoms with Gasteiger partial charge in [-0.05, 0) is 80.5 Å². The van der Waals surface area contributed by atoms with Crippen molar-refractivity contribution in [2.24, 2.45) is 11.8 Å². The van der Waals surface area contributed by atoms with Crippen molar-refractivity contribution in [3.63, 3.8) is 0 Å². The number of nitrogens with zero attached hydrogens (tertiary/aromatic N) is 5.